The highest BCUT2D eigenvalue weighted by Gasteiger charge is 2.23. The number of ether oxygens (including phenoxy) is 1. The van der Waals surface area contributed by atoms with E-state index >= 15 is 0 Å². The van der Waals surface area contributed by atoms with Crippen molar-refractivity contribution in [3.63, 3.8) is 0 Å². The molecule has 1 aromatic rings. The number of likely N-dealkylation sites (tertiary alicyclic amines) is 1. The van der Waals surface area contributed by atoms with Crippen LogP contribution in [0.3, 0.4) is 0 Å². The third-order valence-corrected chi connectivity index (χ3v) is 3.71. The first-order chi connectivity index (χ1) is 8.69. The summed E-state index contributed by atoms with van der Waals surface area (Å²) in [7, 11) is 0. The SMILES string of the molecule is Cc1ccc(OC2CCN(C(=O)CBr)CC2)cc1. The van der Waals surface area contributed by atoms with Crippen LogP contribution in [0.25, 0.3) is 0 Å². The van der Waals surface area contributed by atoms with E-state index in [-0.39, 0.29) is 12.0 Å². The van der Waals surface area contributed by atoms with Gasteiger partial charge in [-0.3, -0.25) is 4.79 Å². The Kier molecular flexibility index (Phi) is 4.64. The second kappa shape index (κ2) is 6.23. The monoisotopic (exact) mass is 311 g/mol. The second-order valence-corrected chi connectivity index (χ2v) is 5.21. The van der Waals surface area contributed by atoms with Gasteiger partial charge in [0.1, 0.15) is 11.9 Å². The van der Waals surface area contributed by atoms with E-state index < -0.39 is 0 Å². The number of hydrogen-bond donors (Lipinski definition) is 0. The van der Waals surface area contributed by atoms with E-state index in [1.54, 1.807) is 0 Å². The van der Waals surface area contributed by atoms with Gasteiger partial charge in [0, 0.05) is 25.9 Å². The molecule has 1 aromatic carbocycles. The summed E-state index contributed by atoms with van der Waals surface area (Å²) in [5.41, 5.74) is 1.24. The van der Waals surface area contributed by atoms with Crippen LogP contribution >= 0.6 is 15.9 Å². The van der Waals surface area contributed by atoms with Gasteiger partial charge in [-0.15, -0.1) is 0 Å². The van der Waals surface area contributed by atoms with E-state index in [4.69, 9.17) is 4.74 Å². The number of carbonyl (C=O) groups is 1. The van der Waals surface area contributed by atoms with E-state index in [9.17, 15) is 4.79 Å². The molecule has 1 aliphatic heterocycles. The van der Waals surface area contributed by atoms with E-state index in [2.05, 4.69) is 35.0 Å². The molecule has 1 amide bonds. The molecule has 0 N–H and O–H groups in total. The van der Waals surface area contributed by atoms with Crippen molar-refractivity contribution < 1.29 is 9.53 Å². The van der Waals surface area contributed by atoms with Gasteiger partial charge in [0.05, 0.1) is 5.33 Å². The molecule has 1 aliphatic rings. The fourth-order valence-electron chi connectivity index (χ4n) is 2.12. The minimum atomic E-state index is 0.170. The highest BCUT2D eigenvalue weighted by molar-refractivity contribution is 9.09. The van der Waals surface area contributed by atoms with Gasteiger partial charge in [0.2, 0.25) is 5.91 Å². The molecule has 18 heavy (non-hydrogen) atoms. The van der Waals surface area contributed by atoms with E-state index in [1.165, 1.54) is 5.56 Å². The van der Waals surface area contributed by atoms with Crippen molar-refractivity contribution in [1.82, 2.24) is 4.90 Å². The Morgan fingerprint density at radius 3 is 2.50 bits per heavy atom. The van der Waals surface area contributed by atoms with Crippen LogP contribution in [0.15, 0.2) is 24.3 Å². The quantitative estimate of drug-likeness (QED) is 0.803. The fraction of sp³-hybridized carbons (Fsp3) is 0.500. The average molecular weight is 312 g/mol. The van der Waals surface area contributed by atoms with Crippen LogP contribution in [0, 0.1) is 6.92 Å². The normalized spacial score (nSPS) is 16.7. The van der Waals surface area contributed by atoms with Crippen molar-refractivity contribution in [2.24, 2.45) is 0 Å². The molecule has 2 rings (SSSR count). The summed E-state index contributed by atoms with van der Waals surface area (Å²) >= 11 is 3.20. The van der Waals surface area contributed by atoms with Crippen LogP contribution in [0.1, 0.15) is 18.4 Å². The number of alkyl halides is 1. The van der Waals surface area contributed by atoms with Crippen molar-refractivity contribution in [2.45, 2.75) is 25.9 Å². The highest BCUT2D eigenvalue weighted by Crippen LogP contribution is 2.19. The number of benzene rings is 1. The maximum absolute atomic E-state index is 11.5. The Morgan fingerprint density at radius 2 is 1.94 bits per heavy atom. The van der Waals surface area contributed by atoms with Crippen molar-refractivity contribution in [3.8, 4) is 5.75 Å². The molecule has 0 saturated carbocycles. The second-order valence-electron chi connectivity index (χ2n) is 4.64. The first-order valence-electron chi connectivity index (χ1n) is 6.26. The topological polar surface area (TPSA) is 29.5 Å². The summed E-state index contributed by atoms with van der Waals surface area (Å²) in [4.78, 5) is 13.4. The van der Waals surface area contributed by atoms with Gasteiger partial charge in [0.25, 0.3) is 0 Å². The molecule has 0 aliphatic carbocycles. The molecule has 1 fully saturated rings. The van der Waals surface area contributed by atoms with Crippen LogP contribution < -0.4 is 4.74 Å². The fourth-order valence-corrected chi connectivity index (χ4v) is 2.47. The predicted octanol–water partition coefficient (Wildman–Crippen LogP) is 2.76. The van der Waals surface area contributed by atoms with Gasteiger partial charge in [-0.05, 0) is 19.1 Å². The predicted molar refractivity (Wildman–Crippen MR) is 75.2 cm³/mol. The summed E-state index contributed by atoms with van der Waals surface area (Å²) in [6.07, 6.45) is 2.05. The number of aryl methyl sites for hydroxylation is 1. The third-order valence-electron chi connectivity index (χ3n) is 3.23. The van der Waals surface area contributed by atoms with E-state index in [1.807, 2.05) is 17.0 Å². The minimum Gasteiger partial charge on any atom is -0.490 e. The van der Waals surface area contributed by atoms with Crippen molar-refractivity contribution in [1.29, 1.82) is 0 Å². The Bertz CT molecular complexity index is 397. The number of hydrogen-bond acceptors (Lipinski definition) is 2. The van der Waals surface area contributed by atoms with Crippen LogP contribution in [-0.4, -0.2) is 35.3 Å². The lowest BCUT2D eigenvalue weighted by Crippen LogP contribution is -2.42. The molecule has 1 heterocycles. The highest BCUT2D eigenvalue weighted by atomic mass is 79.9. The van der Waals surface area contributed by atoms with Gasteiger partial charge >= 0.3 is 0 Å². The molecule has 98 valence electrons. The van der Waals surface area contributed by atoms with E-state index in [0.29, 0.717) is 5.33 Å². The zero-order valence-corrected chi connectivity index (χ0v) is 12.1. The number of rotatable bonds is 3. The zero-order valence-electron chi connectivity index (χ0n) is 10.6. The lowest BCUT2D eigenvalue weighted by Gasteiger charge is -2.31. The standard InChI is InChI=1S/C14H18BrNO2/c1-11-2-4-12(5-3-11)18-13-6-8-16(9-7-13)14(17)10-15/h2-5,13H,6-10H2,1H3. The van der Waals surface area contributed by atoms with Crippen molar-refractivity contribution >= 4 is 21.8 Å². The Morgan fingerprint density at radius 1 is 1.33 bits per heavy atom. The van der Waals surface area contributed by atoms with Gasteiger partial charge in [-0.1, -0.05) is 33.6 Å². The first-order valence-corrected chi connectivity index (χ1v) is 7.38. The van der Waals surface area contributed by atoms with Crippen LogP contribution in [0.2, 0.25) is 0 Å². The minimum absolute atomic E-state index is 0.170. The largest absolute Gasteiger partial charge is 0.490 e. The molecule has 0 spiro atoms. The van der Waals surface area contributed by atoms with Crippen LogP contribution in [-0.2, 0) is 4.79 Å². The summed E-state index contributed by atoms with van der Waals surface area (Å²) in [5.74, 6) is 1.09. The number of piperidine rings is 1. The maximum atomic E-state index is 11.5. The molecule has 0 bridgehead atoms. The first kappa shape index (κ1) is 13.4. The molecule has 1 saturated heterocycles. The molecular formula is C14H18BrNO2. The summed E-state index contributed by atoms with van der Waals surface area (Å²) in [6, 6.07) is 8.12. The summed E-state index contributed by atoms with van der Waals surface area (Å²) < 4.78 is 5.92. The van der Waals surface area contributed by atoms with Crippen molar-refractivity contribution in [3.05, 3.63) is 29.8 Å². The van der Waals surface area contributed by atoms with Crippen molar-refractivity contribution in [2.75, 3.05) is 18.4 Å². The van der Waals surface area contributed by atoms with Gasteiger partial charge in [-0.2, -0.15) is 0 Å². The Labute approximate surface area is 116 Å². The Balaban J connectivity index is 1.83. The van der Waals surface area contributed by atoms with Gasteiger partial charge in [-0.25, -0.2) is 0 Å². The molecule has 0 unspecified atom stereocenters. The number of halogens is 1. The molecule has 4 heteroatoms. The molecule has 0 radical (unpaired) electrons. The Hall–Kier alpha value is -1.03. The maximum Gasteiger partial charge on any atom is 0.233 e. The molecule has 3 nitrogen and oxygen atoms in total. The molecule has 0 atom stereocenters. The lowest BCUT2D eigenvalue weighted by atomic mass is 10.1. The smallest absolute Gasteiger partial charge is 0.233 e. The van der Waals surface area contributed by atoms with E-state index in [0.717, 1.165) is 31.7 Å². The summed E-state index contributed by atoms with van der Waals surface area (Å²) in [5, 5.41) is 0.413. The number of nitrogens with zero attached hydrogens (tertiary/aromatic N) is 1. The average Bonchev–Trinajstić information content (AvgIpc) is 2.41. The number of carbonyl (C=O) groups excluding carboxylic acids is 1. The van der Waals surface area contributed by atoms with Crippen LogP contribution in [0.4, 0.5) is 0 Å². The lowest BCUT2D eigenvalue weighted by molar-refractivity contribution is -0.130. The number of amides is 1. The van der Waals surface area contributed by atoms with Crippen LogP contribution in [0.5, 0.6) is 5.75 Å². The molecule has 0 aromatic heterocycles. The summed E-state index contributed by atoms with van der Waals surface area (Å²) in [6.45, 7) is 3.65. The van der Waals surface area contributed by atoms with Gasteiger partial charge < -0.3 is 9.64 Å². The third kappa shape index (κ3) is 3.48. The zero-order chi connectivity index (χ0) is 13.0. The molecular weight excluding hydrogens is 294 g/mol. The van der Waals surface area contributed by atoms with Gasteiger partial charge in [0.15, 0.2) is 0 Å².